The zero-order valence-corrected chi connectivity index (χ0v) is 10.3. The van der Waals surface area contributed by atoms with E-state index >= 15 is 0 Å². The van der Waals surface area contributed by atoms with E-state index in [1.165, 1.54) is 31.1 Å². The number of pyridine rings is 1. The minimum absolute atomic E-state index is 0.0661. The molecule has 2 heterocycles. The van der Waals surface area contributed by atoms with Crippen LogP contribution in [0.3, 0.4) is 0 Å². The first-order valence-electron chi connectivity index (χ1n) is 5.03. The maximum absolute atomic E-state index is 12.1. The number of hydrogen-bond donors (Lipinski definition) is 2. The minimum Gasteiger partial charge on any atom is -0.387 e. The van der Waals surface area contributed by atoms with Crippen molar-refractivity contribution in [2.24, 2.45) is 0 Å². The van der Waals surface area contributed by atoms with Crippen LogP contribution in [0.25, 0.3) is 0 Å². The summed E-state index contributed by atoms with van der Waals surface area (Å²) >= 11 is 0. The fourth-order valence-electron chi connectivity index (χ4n) is 1.36. The van der Waals surface area contributed by atoms with E-state index in [0.29, 0.717) is 11.4 Å². The highest BCUT2D eigenvalue weighted by Crippen LogP contribution is 2.21. The van der Waals surface area contributed by atoms with Crippen molar-refractivity contribution in [3.8, 4) is 0 Å². The molecule has 18 heavy (non-hydrogen) atoms. The summed E-state index contributed by atoms with van der Waals surface area (Å²) in [4.78, 5) is 11.3. The molecule has 8 heteroatoms. The van der Waals surface area contributed by atoms with Gasteiger partial charge in [-0.15, -0.1) is 0 Å². The van der Waals surface area contributed by atoms with Gasteiger partial charge in [0.25, 0.3) is 10.0 Å². The molecule has 2 aromatic heterocycles. The van der Waals surface area contributed by atoms with Crippen LogP contribution in [-0.2, 0) is 10.0 Å². The first-order chi connectivity index (χ1) is 8.63. The Kier molecular flexibility index (Phi) is 3.38. The predicted molar refractivity (Wildman–Crippen MR) is 66.6 cm³/mol. The standard InChI is InChI=1S/C10H11N5O2S/c1-11-9-2-3-12-6-10(9)18(16,17)15-8-4-13-7-14-5-8/h2-7,15H,1H3,(H,11,12). The molecule has 0 atom stereocenters. The normalized spacial score (nSPS) is 10.9. The van der Waals surface area contributed by atoms with Crippen molar-refractivity contribution in [3.63, 3.8) is 0 Å². The van der Waals surface area contributed by atoms with E-state index in [2.05, 4.69) is 25.0 Å². The van der Waals surface area contributed by atoms with Crippen molar-refractivity contribution in [1.29, 1.82) is 0 Å². The second-order valence-corrected chi connectivity index (χ2v) is 5.01. The summed E-state index contributed by atoms with van der Waals surface area (Å²) in [5, 5.41) is 2.80. The SMILES string of the molecule is CNc1ccncc1S(=O)(=O)Nc1cncnc1. The molecule has 0 spiro atoms. The summed E-state index contributed by atoms with van der Waals surface area (Å²) in [6.07, 6.45) is 6.86. The third-order valence-corrected chi connectivity index (χ3v) is 3.56. The van der Waals surface area contributed by atoms with Gasteiger partial charge in [-0.1, -0.05) is 0 Å². The van der Waals surface area contributed by atoms with Crippen LogP contribution in [0.1, 0.15) is 0 Å². The molecule has 0 aromatic carbocycles. The summed E-state index contributed by atoms with van der Waals surface area (Å²) < 4.78 is 26.6. The van der Waals surface area contributed by atoms with E-state index in [4.69, 9.17) is 0 Å². The molecular weight excluding hydrogens is 254 g/mol. The summed E-state index contributed by atoms with van der Waals surface area (Å²) in [5.74, 6) is 0. The van der Waals surface area contributed by atoms with Crippen LogP contribution in [0.15, 0.2) is 42.1 Å². The number of sulfonamides is 1. The summed E-state index contributed by atoms with van der Waals surface area (Å²) in [6.45, 7) is 0. The van der Waals surface area contributed by atoms with Gasteiger partial charge in [-0.25, -0.2) is 18.4 Å². The maximum atomic E-state index is 12.1. The fourth-order valence-corrected chi connectivity index (χ4v) is 2.55. The van der Waals surface area contributed by atoms with Gasteiger partial charge in [0.05, 0.1) is 23.8 Å². The van der Waals surface area contributed by atoms with Crippen LogP contribution in [0.5, 0.6) is 0 Å². The molecular formula is C10H11N5O2S. The Labute approximate surface area is 104 Å². The third kappa shape index (κ3) is 2.54. The largest absolute Gasteiger partial charge is 0.387 e. The Morgan fingerprint density at radius 2 is 1.83 bits per heavy atom. The number of nitrogens with zero attached hydrogens (tertiary/aromatic N) is 3. The van der Waals surface area contributed by atoms with Crippen LogP contribution in [-0.4, -0.2) is 30.4 Å². The first-order valence-corrected chi connectivity index (χ1v) is 6.51. The first kappa shape index (κ1) is 12.2. The molecule has 0 fully saturated rings. The van der Waals surface area contributed by atoms with E-state index in [1.54, 1.807) is 13.1 Å². The number of hydrogen-bond acceptors (Lipinski definition) is 6. The Bertz CT molecular complexity index is 630. The molecule has 2 rings (SSSR count). The molecule has 0 saturated carbocycles. The summed E-state index contributed by atoms with van der Waals surface area (Å²) in [7, 11) is -2.07. The molecule has 0 aliphatic carbocycles. The van der Waals surface area contributed by atoms with E-state index in [-0.39, 0.29) is 4.90 Å². The molecule has 0 radical (unpaired) electrons. The Hall–Kier alpha value is -2.22. The second kappa shape index (κ2) is 4.96. The van der Waals surface area contributed by atoms with Gasteiger partial charge in [0.2, 0.25) is 0 Å². The van der Waals surface area contributed by atoms with Gasteiger partial charge in [-0.3, -0.25) is 9.71 Å². The average Bonchev–Trinajstić information content (AvgIpc) is 2.39. The zero-order valence-electron chi connectivity index (χ0n) is 9.53. The van der Waals surface area contributed by atoms with E-state index in [1.807, 2.05) is 0 Å². The van der Waals surface area contributed by atoms with Gasteiger partial charge in [0, 0.05) is 19.4 Å². The van der Waals surface area contributed by atoms with Crippen LogP contribution in [0, 0.1) is 0 Å². The van der Waals surface area contributed by atoms with E-state index in [0.717, 1.165) is 0 Å². The van der Waals surface area contributed by atoms with Crippen LogP contribution < -0.4 is 10.0 Å². The van der Waals surface area contributed by atoms with Gasteiger partial charge in [-0.2, -0.15) is 0 Å². The maximum Gasteiger partial charge on any atom is 0.265 e. The molecule has 0 aliphatic heterocycles. The van der Waals surface area contributed by atoms with Crippen molar-refractivity contribution >= 4 is 21.4 Å². The van der Waals surface area contributed by atoms with E-state index in [9.17, 15) is 8.42 Å². The van der Waals surface area contributed by atoms with Crippen LogP contribution in [0.2, 0.25) is 0 Å². The average molecular weight is 265 g/mol. The fraction of sp³-hybridized carbons (Fsp3) is 0.100. The van der Waals surface area contributed by atoms with Crippen LogP contribution >= 0.6 is 0 Å². The molecule has 7 nitrogen and oxygen atoms in total. The predicted octanol–water partition coefficient (Wildman–Crippen LogP) is 0.714. The smallest absolute Gasteiger partial charge is 0.265 e. The minimum atomic E-state index is -3.71. The zero-order chi connectivity index (χ0) is 13.0. The molecule has 2 N–H and O–H groups in total. The Morgan fingerprint density at radius 1 is 1.11 bits per heavy atom. The summed E-state index contributed by atoms with van der Waals surface area (Å²) in [5.41, 5.74) is 0.762. The van der Waals surface area contributed by atoms with Crippen LogP contribution in [0.4, 0.5) is 11.4 Å². The lowest BCUT2D eigenvalue weighted by atomic mass is 10.4. The lowest BCUT2D eigenvalue weighted by molar-refractivity contribution is 0.601. The van der Waals surface area contributed by atoms with Gasteiger partial charge in [-0.05, 0) is 6.07 Å². The number of rotatable bonds is 4. The highest BCUT2D eigenvalue weighted by Gasteiger charge is 2.18. The number of anilines is 2. The van der Waals surface area contributed by atoms with Crippen molar-refractivity contribution in [2.75, 3.05) is 17.1 Å². The topological polar surface area (TPSA) is 96.9 Å². The highest BCUT2D eigenvalue weighted by atomic mass is 32.2. The molecule has 0 unspecified atom stereocenters. The number of nitrogens with one attached hydrogen (secondary N) is 2. The van der Waals surface area contributed by atoms with Crippen molar-refractivity contribution in [2.45, 2.75) is 4.90 Å². The molecule has 0 saturated heterocycles. The molecule has 2 aromatic rings. The van der Waals surface area contributed by atoms with Gasteiger partial charge in [0.1, 0.15) is 11.2 Å². The molecule has 0 aliphatic rings. The Balaban J connectivity index is 2.37. The Morgan fingerprint density at radius 3 is 2.50 bits per heavy atom. The monoisotopic (exact) mass is 265 g/mol. The third-order valence-electron chi connectivity index (χ3n) is 2.16. The molecule has 94 valence electrons. The second-order valence-electron chi connectivity index (χ2n) is 3.35. The van der Waals surface area contributed by atoms with Gasteiger partial charge in [0.15, 0.2) is 0 Å². The van der Waals surface area contributed by atoms with Crippen molar-refractivity contribution in [1.82, 2.24) is 15.0 Å². The molecule has 0 amide bonds. The van der Waals surface area contributed by atoms with Gasteiger partial charge >= 0.3 is 0 Å². The van der Waals surface area contributed by atoms with Gasteiger partial charge < -0.3 is 5.32 Å². The number of aromatic nitrogens is 3. The van der Waals surface area contributed by atoms with Crippen molar-refractivity contribution < 1.29 is 8.42 Å². The molecule has 0 bridgehead atoms. The lowest BCUT2D eigenvalue weighted by Crippen LogP contribution is -2.15. The summed E-state index contributed by atoms with van der Waals surface area (Å²) in [6, 6.07) is 1.58. The van der Waals surface area contributed by atoms with E-state index < -0.39 is 10.0 Å². The van der Waals surface area contributed by atoms with Crippen molar-refractivity contribution in [3.05, 3.63) is 37.2 Å². The highest BCUT2D eigenvalue weighted by molar-refractivity contribution is 7.92. The lowest BCUT2D eigenvalue weighted by Gasteiger charge is -2.10. The quantitative estimate of drug-likeness (QED) is 0.845.